The number of amides is 1. The van der Waals surface area contributed by atoms with Crippen molar-refractivity contribution < 1.29 is 14.3 Å². The van der Waals surface area contributed by atoms with E-state index in [0.717, 1.165) is 19.5 Å². The fraction of sp³-hybridized carbons (Fsp3) is 0.533. The maximum absolute atomic E-state index is 12.4. The Morgan fingerprint density at radius 2 is 2.10 bits per heavy atom. The summed E-state index contributed by atoms with van der Waals surface area (Å²) in [6, 6.07) is 5.46. The van der Waals surface area contributed by atoms with Crippen LogP contribution in [-0.2, 0) is 0 Å². The molecule has 2 N–H and O–H groups in total. The molecule has 0 aliphatic carbocycles. The first-order valence-corrected chi connectivity index (χ1v) is 6.90. The van der Waals surface area contributed by atoms with Crippen LogP contribution in [0.4, 0.5) is 0 Å². The summed E-state index contributed by atoms with van der Waals surface area (Å²) in [5, 5.41) is 6.38. The van der Waals surface area contributed by atoms with Crippen molar-refractivity contribution in [3.8, 4) is 11.5 Å². The lowest BCUT2D eigenvalue weighted by Gasteiger charge is -2.30. The molecule has 1 fully saturated rings. The number of hydrogen-bond donors (Lipinski definition) is 2. The fourth-order valence-electron chi connectivity index (χ4n) is 2.50. The smallest absolute Gasteiger partial charge is 0.255 e. The molecule has 2 rings (SSSR count). The minimum absolute atomic E-state index is 0. The fourth-order valence-corrected chi connectivity index (χ4v) is 2.50. The molecular weight excluding hydrogens is 292 g/mol. The van der Waals surface area contributed by atoms with Crippen molar-refractivity contribution in [2.24, 2.45) is 5.92 Å². The molecule has 21 heavy (non-hydrogen) atoms. The van der Waals surface area contributed by atoms with Gasteiger partial charge in [-0.25, -0.2) is 0 Å². The van der Waals surface area contributed by atoms with E-state index in [4.69, 9.17) is 9.47 Å². The maximum atomic E-state index is 12.4. The van der Waals surface area contributed by atoms with Crippen LogP contribution in [0.2, 0.25) is 0 Å². The third kappa shape index (κ3) is 4.02. The van der Waals surface area contributed by atoms with E-state index in [0.29, 0.717) is 23.0 Å². The number of carbonyl (C=O) groups excluding carboxylic acids is 1. The number of ether oxygens (including phenoxy) is 2. The maximum Gasteiger partial charge on any atom is 0.255 e. The molecule has 0 spiro atoms. The molecule has 118 valence electrons. The molecule has 0 bridgehead atoms. The van der Waals surface area contributed by atoms with Gasteiger partial charge < -0.3 is 20.1 Å². The summed E-state index contributed by atoms with van der Waals surface area (Å²) in [5.41, 5.74) is 0.504. The predicted octanol–water partition coefficient (Wildman–Crippen LogP) is 1.85. The first-order chi connectivity index (χ1) is 9.67. The average molecular weight is 315 g/mol. The molecule has 1 aliphatic heterocycles. The summed E-state index contributed by atoms with van der Waals surface area (Å²) in [4.78, 5) is 12.4. The SMILES string of the molecule is COc1cccc(C(=O)NC2CNCCC2C)c1OC.Cl. The molecular formula is C15H23ClN2O3. The van der Waals surface area contributed by atoms with Crippen LogP contribution < -0.4 is 20.1 Å². The van der Waals surface area contributed by atoms with Crippen LogP contribution in [-0.4, -0.2) is 39.3 Å². The highest BCUT2D eigenvalue weighted by atomic mass is 35.5. The Morgan fingerprint density at radius 1 is 1.33 bits per heavy atom. The minimum atomic E-state index is -0.124. The number of carbonyl (C=O) groups is 1. The molecule has 2 unspecified atom stereocenters. The minimum Gasteiger partial charge on any atom is -0.493 e. The molecule has 0 aromatic heterocycles. The van der Waals surface area contributed by atoms with Gasteiger partial charge in [0.25, 0.3) is 5.91 Å². The molecule has 1 amide bonds. The summed E-state index contributed by atoms with van der Waals surface area (Å²) in [6.07, 6.45) is 1.07. The van der Waals surface area contributed by atoms with E-state index in [1.807, 2.05) is 0 Å². The Kier molecular flexibility index (Phi) is 6.78. The van der Waals surface area contributed by atoms with Gasteiger partial charge in [-0.05, 0) is 31.0 Å². The lowest BCUT2D eigenvalue weighted by atomic mass is 9.94. The Balaban J connectivity index is 0.00000220. The first kappa shape index (κ1) is 17.6. The highest BCUT2D eigenvalue weighted by molar-refractivity contribution is 5.98. The monoisotopic (exact) mass is 314 g/mol. The second kappa shape index (κ2) is 8.10. The zero-order chi connectivity index (χ0) is 14.5. The van der Waals surface area contributed by atoms with Crippen molar-refractivity contribution in [3.05, 3.63) is 23.8 Å². The normalized spacial score (nSPS) is 21.1. The van der Waals surface area contributed by atoms with E-state index in [1.54, 1.807) is 32.4 Å². The van der Waals surface area contributed by atoms with E-state index < -0.39 is 0 Å². The Labute approximate surface area is 131 Å². The van der Waals surface area contributed by atoms with Gasteiger partial charge in [-0.1, -0.05) is 13.0 Å². The second-order valence-corrected chi connectivity index (χ2v) is 5.09. The molecule has 1 aromatic rings. The van der Waals surface area contributed by atoms with Gasteiger partial charge in [0, 0.05) is 12.6 Å². The molecule has 2 atom stereocenters. The van der Waals surface area contributed by atoms with Crippen molar-refractivity contribution in [2.45, 2.75) is 19.4 Å². The van der Waals surface area contributed by atoms with E-state index in [2.05, 4.69) is 17.6 Å². The molecule has 1 heterocycles. The van der Waals surface area contributed by atoms with E-state index in [-0.39, 0.29) is 24.4 Å². The number of rotatable bonds is 4. The van der Waals surface area contributed by atoms with E-state index >= 15 is 0 Å². The van der Waals surface area contributed by atoms with Crippen LogP contribution in [0.25, 0.3) is 0 Å². The molecule has 1 aromatic carbocycles. The summed E-state index contributed by atoms with van der Waals surface area (Å²) >= 11 is 0. The molecule has 0 saturated carbocycles. The third-order valence-corrected chi connectivity index (χ3v) is 3.79. The van der Waals surface area contributed by atoms with Gasteiger partial charge >= 0.3 is 0 Å². The highest BCUT2D eigenvalue weighted by Gasteiger charge is 2.25. The van der Waals surface area contributed by atoms with Gasteiger partial charge in [-0.2, -0.15) is 0 Å². The van der Waals surface area contributed by atoms with Crippen molar-refractivity contribution in [2.75, 3.05) is 27.3 Å². The highest BCUT2D eigenvalue weighted by Crippen LogP contribution is 2.30. The van der Waals surface area contributed by atoms with Gasteiger partial charge in [-0.15, -0.1) is 12.4 Å². The lowest BCUT2D eigenvalue weighted by Crippen LogP contribution is -2.50. The molecule has 1 saturated heterocycles. The van der Waals surface area contributed by atoms with Crippen molar-refractivity contribution >= 4 is 18.3 Å². The van der Waals surface area contributed by atoms with Crippen LogP contribution in [0, 0.1) is 5.92 Å². The summed E-state index contributed by atoms with van der Waals surface area (Å²) in [6.45, 7) is 3.98. The van der Waals surface area contributed by atoms with Crippen LogP contribution >= 0.6 is 12.4 Å². The van der Waals surface area contributed by atoms with Gasteiger partial charge in [0.1, 0.15) is 0 Å². The van der Waals surface area contributed by atoms with Crippen molar-refractivity contribution in [1.82, 2.24) is 10.6 Å². The summed E-state index contributed by atoms with van der Waals surface area (Å²) in [5.74, 6) is 1.39. The number of methoxy groups -OCH3 is 2. The molecule has 6 heteroatoms. The van der Waals surface area contributed by atoms with Gasteiger partial charge in [-0.3, -0.25) is 4.79 Å². The second-order valence-electron chi connectivity index (χ2n) is 5.09. The van der Waals surface area contributed by atoms with Crippen LogP contribution in [0.5, 0.6) is 11.5 Å². The topological polar surface area (TPSA) is 59.6 Å². The van der Waals surface area contributed by atoms with Gasteiger partial charge in [0.05, 0.1) is 19.8 Å². The quantitative estimate of drug-likeness (QED) is 0.890. The number of piperidine rings is 1. The Morgan fingerprint density at radius 3 is 2.71 bits per heavy atom. The number of nitrogens with one attached hydrogen (secondary N) is 2. The third-order valence-electron chi connectivity index (χ3n) is 3.79. The number of para-hydroxylation sites is 1. The molecule has 1 aliphatic rings. The first-order valence-electron chi connectivity index (χ1n) is 6.90. The van der Waals surface area contributed by atoms with Crippen LogP contribution in [0.1, 0.15) is 23.7 Å². The molecule has 5 nitrogen and oxygen atoms in total. The van der Waals surface area contributed by atoms with Crippen molar-refractivity contribution in [3.63, 3.8) is 0 Å². The van der Waals surface area contributed by atoms with Gasteiger partial charge in [0.2, 0.25) is 0 Å². The standard InChI is InChI=1S/C15H22N2O3.ClH/c1-10-7-8-16-9-12(10)17-15(18)11-5-4-6-13(19-2)14(11)20-3;/h4-6,10,12,16H,7-9H2,1-3H3,(H,17,18);1H. The predicted molar refractivity (Wildman–Crippen MR) is 84.7 cm³/mol. The van der Waals surface area contributed by atoms with Crippen LogP contribution in [0.3, 0.4) is 0 Å². The van der Waals surface area contributed by atoms with E-state index in [9.17, 15) is 4.79 Å². The lowest BCUT2D eigenvalue weighted by molar-refractivity contribution is 0.0911. The summed E-state index contributed by atoms with van der Waals surface area (Å²) in [7, 11) is 3.10. The van der Waals surface area contributed by atoms with Crippen LogP contribution in [0.15, 0.2) is 18.2 Å². The average Bonchev–Trinajstić information content (AvgIpc) is 2.48. The number of halogens is 1. The zero-order valence-corrected chi connectivity index (χ0v) is 13.5. The largest absolute Gasteiger partial charge is 0.493 e. The van der Waals surface area contributed by atoms with Gasteiger partial charge in [0.15, 0.2) is 11.5 Å². The number of hydrogen-bond acceptors (Lipinski definition) is 4. The Hall–Kier alpha value is -1.46. The Bertz CT molecular complexity index is 482. The zero-order valence-electron chi connectivity index (χ0n) is 12.6. The molecule has 0 radical (unpaired) electrons. The van der Waals surface area contributed by atoms with E-state index in [1.165, 1.54) is 0 Å². The number of benzene rings is 1. The summed E-state index contributed by atoms with van der Waals surface area (Å²) < 4.78 is 10.5. The van der Waals surface area contributed by atoms with Crippen molar-refractivity contribution in [1.29, 1.82) is 0 Å².